The number of benzene rings is 1. The lowest BCUT2D eigenvalue weighted by Crippen LogP contribution is -2.50. The van der Waals surface area contributed by atoms with Gasteiger partial charge in [0.15, 0.2) is 0 Å². The largest absolute Gasteiger partial charge is 0.508 e. The molecule has 0 radical (unpaired) electrons. The maximum Gasteiger partial charge on any atom is 0.389 e. The van der Waals surface area contributed by atoms with Gasteiger partial charge in [-0.05, 0) is 92.4 Å². The number of carbonyl (C=O) groups excluding carboxylic acids is 1. The highest BCUT2D eigenvalue weighted by Gasteiger charge is 2.37. The summed E-state index contributed by atoms with van der Waals surface area (Å²) in [5.41, 5.74) is 1.55. The zero-order valence-electron chi connectivity index (χ0n) is 20.2. The Bertz CT molecular complexity index is 1100. The van der Waals surface area contributed by atoms with E-state index in [4.69, 9.17) is 4.74 Å². The fourth-order valence-electron chi connectivity index (χ4n) is 4.55. The number of phenolic OH excluding ortho intramolecular Hbond substituents is 1. The molecule has 35 heavy (non-hydrogen) atoms. The Morgan fingerprint density at radius 2 is 2.09 bits per heavy atom. The van der Waals surface area contributed by atoms with Gasteiger partial charge in [0, 0.05) is 12.0 Å². The summed E-state index contributed by atoms with van der Waals surface area (Å²) in [5, 5.41) is 22.5. The lowest BCUT2D eigenvalue weighted by molar-refractivity contribution is -0.137. The van der Waals surface area contributed by atoms with Crippen LogP contribution in [0.4, 0.5) is 13.2 Å². The van der Waals surface area contributed by atoms with E-state index in [1.165, 1.54) is 0 Å². The molecule has 3 rings (SSSR count). The van der Waals surface area contributed by atoms with Gasteiger partial charge in [0.05, 0.1) is 6.61 Å². The molecule has 2 N–H and O–H groups in total. The van der Waals surface area contributed by atoms with E-state index in [1.807, 2.05) is 25.1 Å². The molecule has 1 amide bonds. The first-order valence-electron chi connectivity index (χ1n) is 11.8. The summed E-state index contributed by atoms with van der Waals surface area (Å²) in [4.78, 5) is 12.8. The number of carbonyl (C=O) groups is 1. The summed E-state index contributed by atoms with van der Waals surface area (Å²) in [5.74, 6) is 0.623. The highest BCUT2D eigenvalue weighted by molar-refractivity contribution is 6.07. The summed E-state index contributed by atoms with van der Waals surface area (Å²) < 4.78 is 42.6. The number of phenols is 1. The van der Waals surface area contributed by atoms with Gasteiger partial charge in [0.2, 0.25) is 0 Å². The Balaban J connectivity index is 1.69. The van der Waals surface area contributed by atoms with Crippen molar-refractivity contribution in [2.24, 2.45) is 11.8 Å². The molecule has 0 aromatic heterocycles. The van der Waals surface area contributed by atoms with Gasteiger partial charge in [-0.25, -0.2) is 0 Å². The highest BCUT2D eigenvalue weighted by atomic mass is 19.4. The first-order chi connectivity index (χ1) is 16.4. The van der Waals surface area contributed by atoms with E-state index in [1.54, 1.807) is 31.2 Å². The maximum absolute atomic E-state index is 12.8. The number of amides is 1. The van der Waals surface area contributed by atoms with Crippen LogP contribution in [0.15, 0.2) is 47.8 Å². The number of nitriles is 1. The average Bonchev–Trinajstić information content (AvgIpc) is 2.77. The van der Waals surface area contributed by atoms with E-state index in [0.717, 1.165) is 12.0 Å². The Morgan fingerprint density at radius 1 is 1.34 bits per heavy atom. The summed E-state index contributed by atoms with van der Waals surface area (Å²) in [6.07, 6.45) is 2.42. The molecule has 8 heteroatoms. The van der Waals surface area contributed by atoms with Crippen molar-refractivity contribution in [2.75, 3.05) is 6.61 Å². The van der Waals surface area contributed by atoms with Crippen LogP contribution in [0.5, 0.6) is 5.75 Å². The predicted octanol–water partition coefficient (Wildman–Crippen LogP) is 6.10. The van der Waals surface area contributed by atoms with E-state index in [-0.39, 0.29) is 36.2 Å². The summed E-state index contributed by atoms with van der Waals surface area (Å²) >= 11 is 0. The Morgan fingerprint density at radius 3 is 2.74 bits per heavy atom. The molecule has 1 aromatic rings. The second-order valence-corrected chi connectivity index (χ2v) is 9.72. The molecule has 0 saturated heterocycles. The molecular formula is C27H31F3N2O3. The van der Waals surface area contributed by atoms with Gasteiger partial charge in [-0.1, -0.05) is 19.1 Å². The molecule has 0 spiro atoms. The summed E-state index contributed by atoms with van der Waals surface area (Å²) in [7, 11) is 0. The predicted molar refractivity (Wildman–Crippen MR) is 127 cm³/mol. The minimum absolute atomic E-state index is 0.00168. The number of aromatic hydroxyl groups is 1. The number of aryl methyl sites for hydroxylation is 1. The number of hydrogen-bond donors (Lipinski definition) is 2. The van der Waals surface area contributed by atoms with Crippen molar-refractivity contribution in [3.05, 3.63) is 58.9 Å². The third-order valence-electron chi connectivity index (χ3n) is 6.69. The minimum atomic E-state index is -4.19. The van der Waals surface area contributed by atoms with E-state index in [0.29, 0.717) is 29.7 Å². The van der Waals surface area contributed by atoms with Crippen LogP contribution >= 0.6 is 0 Å². The number of allylic oxidation sites excluding steroid dienone is 3. The van der Waals surface area contributed by atoms with E-state index < -0.39 is 24.0 Å². The van der Waals surface area contributed by atoms with Crippen molar-refractivity contribution in [3.63, 3.8) is 0 Å². The van der Waals surface area contributed by atoms with Crippen LogP contribution in [0, 0.1) is 30.1 Å². The zero-order chi connectivity index (χ0) is 25.8. The SMILES string of the molecule is Cc1cc(C2=C(C#N)C(=O)N[C@@](C)(CCC3C=C(OCCCC(F)(F)F)C=CC3C)C2)ccc1O. The first-order valence-corrected chi connectivity index (χ1v) is 11.8. The standard InChI is InChI=1S/C27H31F3N2O3/c1-17-5-7-21(35-12-4-10-27(28,29)30)14-19(17)9-11-26(3)15-22(23(16-31)25(34)32-26)20-6-8-24(33)18(2)13-20/h5-8,13-14,17,19,33H,4,9-12,15H2,1-3H3,(H,32,34)/t17?,19?,26-/m0/s1. The van der Waals surface area contributed by atoms with E-state index in [9.17, 15) is 28.3 Å². The molecule has 1 aliphatic heterocycles. The van der Waals surface area contributed by atoms with Crippen LogP contribution < -0.4 is 5.32 Å². The Kier molecular flexibility index (Phi) is 7.99. The molecule has 0 saturated carbocycles. The van der Waals surface area contributed by atoms with Gasteiger partial charge in [0.1, 0.15) is 23.2 Å². The second kappa shape index (κ2) is 10.6. The molecular weight excluding hydrogens is 457 g/mol. The average molecular weight is 489 g/mol. The molecule has 3 atom stereocenters. The van der Waals surface area contributed by atoms with Crippen LogP contribution in [0.1, 0.15) is 57.1 Å². The van der Waals surface area contributed by atoms with Gasteiger partial charge < -0.3 is 15.2 Å². The van der Waals surface area contributed by atoms with Gasteiger partial charge in [-0.3, -0.25) is 4.79 Å². The van der Waals surface area contributed by atoms with Crippen LogP contribution in [0.25, 0.3) is 5.57 Å². The molecule has 188 valence electrons. The topological polar surface area (TPSA) is 82.4 Å². The minimum Gasteiger partial charge on any atom is -0.508 e. The fraction of sp³-hybridized carbons (Fsp3) is 0.481. The van der Waals surface area contributed by atoms with Crippen LogP contribution in [-0.2, 0) is 9.53 Å². The normalized spacial score (nSPS) is 24.6. The van der Waals surface area contributed by atoms with Crippen LogP contribution in [0.3, 0.4) is 0 Å². The van der Waals surface area contributed by atoms with Gasteiger partial charge in [-0.2, -0.15) is 18.4 Å². The van der Waals surface area contributed by atoms with Crippen molar-refractivity contribution in [3.8, 4) is 11.8 Å². The molecule has 5 nitrogen and oxygen atoms in total. The quantitative estimate of drug-likeness (QED) is 0.433. The number of halogens is 3. The van der Waals surface area contributed by atoms with Gasteiger partial charge in [0.25, 0.3) is 5.91 Å². The van der Waals surface area contributed by atoms with Crippen molar-refractivity contribution < 1.29 is 27.8 Å². The van der Waals surface area contributed by atoms with Gasteiger partial charge in [-0.15, -0.1) is 0 Å². The number of ether oxygens (including phenoxy) is 1. The van der Waals surface area contributed by atoms with Crippen molar-refractivity contribution in [1.29, 1.82) is 5.26 Å². The van der Waals surface area contributed by atoms with E-state index in [2.05, 4.69) is 12.2 Å². The third-order valence-corrected chi connectivity index (χ3v) is 6.69. The molecule has 1 heterocycles. The monoisotopic (exact) mass is 488 g/mol. The van der Waals surface area contributed by atoms with E-state index >= 15 is 0 Å². The molecule has 1 aliphatic carbocycles. The molecule has 2 unspecified atom stereocenters. The zero-order valence-corrected chi connectivity index (χ0v) is 20.2. The van der Waals surface area contributed by atoms with Crippen LogP contribution in [-0.4, -0.2) is 29.3 Å². The maximum atomic E-state index is 12.8. The van der Waals surface area contributed by atoms with Crippen LogP contribution in [0.2, 0.25) is 0 Å². The number of nitrogens with zero attached hydrogens (tertiary/aromatic N) is 1. The fourth-order valence-corrected chi connectivity index (χ4v) is 4.55. The molecule has 0 bridgehead atoms. The van der Waals surface area contributed by atoms with Gasteiger partial charge >= 0.3 is 6.18 Å². The molecule has 0 fully saturated rings. The summed E-state index contributed by atoms with van der Waals surface area (Å²) in [6.45, 7) is 5.79. The first kappa shape index (κ1) is 26.4. The lowest BCUT2D eigenvalue weighted by Gasteiger charge is -2.37. The molecule has 2 aliphatic rings. The number of hydrogen-bond acceptors (Lipinski definition) is 4. The highest BCUT2D eigenvalue weighted by Crippen LogP contribution is 2.38. The van der Waals surface area contributed by atoms with Crippen molar-refractivity contribution in [2.45, 2.75) is 64.6 Å². The molecule has 1 aromatic carbocycles. The smallest absolute Gasteiger partial charge is 0.389 e. The van der Waals surface area contributed by atoms with Crippen molar-refractivity contribution in [1.82, 2.24) is 5.32 Å². The summed E-state index contributed by atoms with van der Waals surface area (Å²) in [6, 6.07) is 7.08. The second-order valence-electron chi connectivity index (χ2n) is 9.72. The number of nitrogens with one attached hydrogen (secondary N) is 1. The number of alkyl halides is 3. The lowest BCUT2D eigenvalue weighted by atomic mass is 9.76. The Labute approximate surface area is 204 Å². The van der Waals surface area contributed by atoms with Crippen molar-refractivity contribution >= 4 is 11.5 Å². The Hall–Kier alpha value is -3.21. The number of rotatable bonds is 8. The third kappa shape index (κ3) is 6.91.